The van der Waals surface area contributed by atoms with Crippen LogP contribution in [-0.4, -0.2) is 11.7 Å². The molecule has 1 aliphatic carbocycles. The summed E-state index contributed by atoms with van der Waals surface area (Å²) in [5.41, 5.74) is 6.64. The van der Waals surface area contributed by atoms with Crippen LogP contribution in [0, 0.1) is 0 Å². The van der Waals surface area contributed by atoms with Gasteiger partial charge in [-0.15, -0.1) is 0 Å². The molecule has 0 amide bonds. The molecule has 1 unspecified atom stereocenters. The maximum Gasteiger partial charge on any atom is 0.129 e. The molecule has 0 fully saturated rings. The molecule has 1 heterocycles. The lowest BCUT2D eigenvalue weighted by atomic mass is 9.83. The third kappa shape index (κ3) is 1.37. The van der Waals surface area contributed by atoms with Crippen LogP contribution in [0.3, 0.4) is 0 Å². The Morgan fingerprint density at radius 3 is 3.07 bits per heavy atom. The van der Waals surface area contributed by atoms with Crippen molar-refractivity contribution in [1.29, 1.82) is 0 Å². The molecule has 3 N–H and O–H groups in total. The molecule has 0 spiro atoms. The fourth-order valence-corrected chi connectivity index (χ4v) is 2.13. The van der Waals surface area contributed by atoms with Gasteiger partial charge in [0.25, 0.3) is 0 Å². The molecule has 0 aliphatic heterocycles. The lowest BCUT2D eigenvalue weighted by molar-refractivity contribution is 0.153. The maximum absolute atomic E-state index is 9.29. The highest BCUT2D eigenvalue weighted by atomic mass is 16.3. The quantitative estimate of drug-likeness (QED) is 0.748. The molecule has 78 valence electrons. The molecule has 2 rings (SSSR count). The van der Waals surface area contributed by atoms with Gasteiger partial charge in [0, 0.05) is 6.42 Å². The van der Waals surface area contributed by atoms with Crippen molar-refractivity contribution in [2.24, 2.45) is 5.73 Å². The van der Waals surface area contributed by atoms with Crippen molar-refractivity contribution >= 4 is 0 Å². The average molecular weight is 195 g/mol. The van der Waals surface area contributed by atoms with E-state index >= 15 is 0 Å². The number of aryl methyl sites for hydroxylation is 2. The first-order valence-corrected chi connectivity index (χ1v) is 5.21. The Morgan fingerprint density at radius 1 is 1.64 bits per heavy atom. The standard InChI is InChI=1S/C11H17NO2/c1-2-9-6-8-4-3-5-11(12,7-13)10(8)14-9/h6,13H,2-5,7,12H2,1H3. The molecule has 1 aromatic rings. The highest BCUT2D eigenvalue weighted by molar-refractivity contribution is 5.30. The van der Waals surface area contributed by atoms with Crippen LogP contribution < -0.4 is 5.73 Å². The summed E-state index contributed by atoms with van der Waals surface area (Å²) in [4.78, 5) is 0. The number of aliphatic hydroxyl groups excluding tert-OH is 1. The van der Waals surface area contributed by atoms with E-state index in [-0.39, 0.29) is 6.61 Å². The third-order valence-corrected chi connectivity index (χ3v) is 3.01. The molecule has 0 saturated carbocycles. The normalized spacial score (nSPS) is 26.2. The first kappa shape index (κ1) is 9.74. The summed E-state index contributed by atoms with van der Waals surface area (Å²) in [7, 11) is 0. The minimum atomic E-state index is -0.638. The highest BCUT2D eigenvalue weighted by Crippen LogP contribution is 2.35. The number of nitrogens with two attached hydrogens (primary N) is 1. The molecule has 14 heavy (non-hydrogen) atoms. The lowest BCUT2D eigenvalue weighted by Crippen LogP contribution is -2.42. The maximum atomic E-state index is 9.29. The van der Waals surface area contributed by atoms with Crippen molar-refractivity contribution in [1.82, 2.24) is 0 Å². The Balaban J connectivity index is 2.43. The minimum absolute atomic E-state index is 0.0311. The van der Waals surface area contributed by atoms with Gasteiger partial charge in [-0.3, -0.25) is 0 Å². The molecule has 0 saturated heterocycles. The van der Waals surface area contributed by atoms with E-state index in [0.717, 1.165) is 37.2 Å². The van der Waals surface area contributed by atoms with E-state index < -0.39 is 5.54 Å². The predicted molar refractivity (Wildman–Crippen MR) is 54.0 cm³/mol. The zero-order chi connectivity index (χ0) is 10.2. The molecular weight excluding hydrogens is 178 g/mol. The first-order chi connectivity index (χ1) is 6.69. The van der Waals surface area contributed by atoms with Gasteiger partial charge in [-0.1, -0.05) is 6.92 Å². The van der Waals surface area contributed by atoms with Crippen LogP contribution in [0.5, 0.6) is 0 Å². The number of rotatable bonds is 2. The third-order valence-electron chi connectivity index (χ3n) is 3.01. The van der Waals surface area contributed by atoms with Gasteiger partial charge in [-0.2, -0.15) is 0 Å². The van der Waals surface area contributed by atoms with Crippen molar-refractivity contribution < 1.29 is 9.52 Å². The van der Waals surface area contributed by atoms with Gasteiger partial charge in [-0.05, 0) is 30.9 Å². The van der Waals surface area contributed by atoms with Crippen LogP contribution in [0.4, 0.5) is 0 Å². The smallest absolute Gasteiger partial charge is 0.129 e. The second kappa shape index (κ2) is 3.41. The van der Waals surface area contributed by atoms with E-state index in [2.05, 4.69) is 13.0 Å². The first-order valence-electron chi connectivity index (χ1n) is 5.21. The van der Waals surface area contributed by atoms with Gasteiger partial charge in [0.2, 0.25) is 0 Å². The number of hydrogen-bond donors (Lipinski definition) is 2. The Bertz CT molecular complexity index is 332. The van der Waals surface area contributed by atoms with E-state index in [1.165, 1.54) is 5.56 Å². The van der Waals surface area contributed by atoms with Gasteiger partial charge in [0.1, 0.15) is 11.5 Å². The van der Waals surface area contributed by atoms with Crippen LogP contribution in [-0.2, 0) is 18.4 Å². The summed E-state index contributed by atoms with van der Waals surface area (Å²) in [6.07, 6.45) is 3.76. The summed E-state index contributed by atoms with van der Waals surface area (Å²) < 4.78 is 5.68. The molecular formula is C11H17NO2. The van der Waals surface area contributed by atoms with E-state index in [0.29, 0.717) is 0 Å². The summed E-state index contributed by atoms with van der Waals surface area (Å²) >= 11 is 0. The molecule has 3 nitrogen and oxygen atoms in total. The Hall–Kier alpha value is -0.800. The fourth-order valence-electron chi connectivity index (χ4n) is 2.13. The topological polar surface area (TPSA) is 59.4 Å². The van der Waals surface area contributed by atoms with Crippen LogP contribution in [0.15, 0.2) is 10.5 Å². The summed E-state index contributed by atoms with van der Waals surface area (Å²) in [6.45, 7) is 2.03. The summed E-state index contributed by atoms with van der Waals surface area (Å²) in [5, 5.41) is 9.29. The van der Waals surface area contributed by atoms with Gasteiger partial charge < -0.3 is 15.3 Å². The summed E-state index contributed by atoms with van der Waals surface area (Å²) in [5.74, 6) is 1.78. The van der Waals surface area contributed by atoms with E-state index in [9.17, 15) is 5.11 Å². The zero-order valence-electron chi connectivity index (χ0n) is 8.55. The number of aliphatic hydroxyl groups is 1. The molecule has 3 heteroatoms. The van der Waals surface area contributed by atoms with Gasteiger partial charge in [-0.25, -0.2) is 0 Å². The van der Waals surface area contributed by atoms with E-state index in [4.69, 9.17) is 10.2 Å². The van der Waals surface area contributed by atoms with Crippen LogP contribution in [0.1, 0.15) is 36.8 Å². The van der Waals surface area contributed by atoms with Crippen molar-refractivity contribution in [3.05, 3.63) is 23.2 Å². The van der Waals surface area contributed by atoms with Crippen LogP contribution >= 0.6 is 0 Å². The molecule has 0 bridgehead atoms. The summed E-state index contributed by atoms with van der Waals surface area (Å²) in [6, 6.07) is 2.08. The van der Waals surface area contributed by atoms with Crippen LogP contribution in [0.25, 0.3) is 0 Å². The Morgan fingerprint density at radius 2 is 2.43 bits per heavy atom. The van der Waals surface area contributed by atoms with E-state index in [1.54, 1.807) is 0 Å². The largest absolute Gasteiger partial charge is 0.464 e. The molecule has 1 atom stereocenters. The monoisotopic (exact) mass is 195 g/mol. The molecule has 0 aromatic carbocycles. The number of hydrogen-bond acceptors (Lipinski definition) is 3. The highest BCUT2D eigenvalue weighted by Gasteiger charge is 2.35. The van der Waals surface area contributed by atoms with E-state index in [1.807, 2.05) is 0 Å². The second-order valence-electron chi connectivity index (χ2n) is 4.09. The lowest BCUT2D eigenvalue weighted by Gasteiger charge is -2.29. The fraction of sp³-hybridized carbons (Fsp3) is 0.636. The Kier molecular flexibility index (Phi) is 2.37. The molecule has 0 radical (unpaired) electrons. The van der Waals surface area contributed by atoms with Crippen molar-refractivity contribution in [3.63, 3.8) is 0 Å². The van der Waals surface area contributed by atoms with Crippen molar-refractivity contribution in [3.8, 4) is 0 Å². The zero-order valence-corrected chi connectivity index (χ0v) is 8.55. The van der Waals surface area contributed by atoms with Gasteiger partial charge in [0.05, 0.1) is 12.1 Å². The number of fused-ring (bicyclic) bond motifs is 1. The van der Waals surface area contributed by atoms with Crippen molar-refractivity contribution in [2.45, 2.75) is 38.1 Å². The molecule has 1 aliphatic rings. The SMILES string of the molecule is CCc1cc2c(o1)C(N)(CO)CCC2. The Labute approximate surface area is 83.9 Å². The van der Waals surface area contributed by atoms with Crippen molar-refractivity contribution in [2.75, 3.05) is 6.61 Å². The van der Waals surface area contributed by atoms with Crippen LogP contribution in [0.2, 0.25) is 0 Å². The second-order valence-corrected chi connectivity index (χ2v) is 4.09. The number of furan rings is 1. The van der Waals surface area contributed by atoms with Gasteiger partial charge in [0.15, 0.2) is 0 Å². The predicted octanol–water partition coefficient (Wildman–Crippen LogP) is 1.32. The minimum Gasteiger partial charge on any atom is -0.464 e. The average Bonchev–Trinajstić information content (AvgIpc) is 2.62. The van der Waals surface area contributed by atoms with Gasteiger partial charge >= 0.3 is 0 Å². The molecule has 1 aromatic heterocycles.